The molecule has 7 heteroatoms. The molecule has 2 heterocycles. The van der Waals surface area contributed by atoms with Crippen molar-refractivity contribution in [2.45, 2.75) is 27.7 Å². The van der Waals surface area contributed by atoms with Crippen LogP contribution in [0.4, 0.5) is 0 Å². The zero-order valence-electron chi connectivity index (χ0n) is 21.8. The SMILES string of the molecule is CC(C)CN(CC(C)C)C(=O)COC(=O)C=Cc1cn(-c2ccccc2)nc1-c1cc2ccccc2o1. The van der Waals surface area contributed by atoms with Gasteiger partial charge in [-0.3, -0.25) is 4.79 Å². The number of hydrogen-bond donors (Lipinski definition) is 0. The molecular formula is C30H33N3O4. The molecule has 192 valence electrons. The molecule has 1 amide bonds. The smallest absolute Gasteiger partial charge is 0.331 e. The number of hydrogen-bond acceptors (Lipinski definition) is 5. The number of carbonyl (C=O) groups is 2. The zero-order valence-corrected chi connectivity index (χ0v) is 21.8. The summed E-state index contributed by atoms with van der Waals surface area (Å²) in [5.41, 5.74) is 2.92. The second-order valence-corrected chi connectivity index (χ2v) is 9.89. The predicted octanol–water partition coefficient (Wildman–Crippen LogP) is 5.98. The topological polar surface area (TPSA) is 77.6 Å². The molecule has 7 nitrogen and oxygen atoms in total. The first-order valence-corrected chi connectivity index (χ1v) is 12.6. The van der Waals surface area contributed by atoms with Gasteiger partial charge in [-0.25, -0.2) is 9.48 Å². The monoisotopic (exact) mass is 499 g/mol. The number of ether oxygens (including phenoxy) is 1. The van der Waals surface area contributed by atoms with E-state index in [-0.39, 0.29) is 12.5 Å². The van der Waals surface area contributed by atoms with Crippen LogP contribution in [0.1, 0.15) is 33.3 Å². The summed E-state index contributed by atoms with van der Waals surface area (Å²) in [6, 6.07) is 19.4. The van der Waals surface area contributed by atoms with Gasteiger partial charge in [0.05, 0.1) is 5.69 Å². The van der Waals surface area contributed by atoms with E-state index in [1.54, 1.807) is 15.7 Å². The minimum Gasteiger partial charge on any atom is -0.454 e. The highest BCUT2D eigenvalue weighted by molar-refractivity contribution is 5.91. The van der Waals surface area contributed by atoms with E-state index in [0.29, 0.717) is 41.9 Å². The lowest BCUT2D eigenvalue weighted by atomic mass is 10.1. The maximum Gasteiger partial charge on any atom is 0.331 e. The normalized spacial score (nSPS) is 11.6. The second-order valence-electron chi connectivity index (χ2n) is 9.89. The van der Waals surface area contributed by atoms with Crippen LogP contribution in [0.25, 0.3) is 34.2 Å². The van der Waals surface area contributed by atoms with Gasteiger partial charge in [-0.15, -0.1) is 0 Å². The number of para-hydroxylation sites is 2. The van der Waals surface area contributed by atoms with Crippen molar-refractivity contribution in [1.29, 1.82) is 0 Å². The van der Waals surface area contributed by atoms with E-state index in [1.165, 1.54) is 6.08 Å². The van der Waals surface area contributed by atoms with Gasteiger partial charge < -0.3 is 14.1 Å². The van der Waals surface area contributed by atoms with E-state index in [9.17, 15) is 9.59 Å². The third-order valence-electron chi connectivity index (χ3n) is 5.68. The highest BCUT2D eigenvalue weighted by Crippen LogP contribution is 2.30. The Hall–Kier alpha value is -4.13. The number of nitrogens with zero attached hydrogens (tertiary/aromatic N) is 3. The minimum atomic E-state index is -0.592. The molecule has 4 aromatic rings. The van der Waals surface area contributed by atoms with Crippen molar-refractivity contribution in [1.82, 2.24) is 14.7 Å². The van der Waals surface area contributed by atoms with Crippen LogP contribution in [0.2, 0.25) is 0 Å². The van der Waals surface area contributed by atoms with E-state index in [4.69, 9.17) is 14.3 Å². The Kier molecular flexibility index (Phi) is 8.23. The van der Waals surface area contributed by atoms with Crippen LogP contribution in [0, 0.1) is 11.8 Å². The molecule has 0 unspecified atom stereocenters. The van der Waals surface area contributed by atoms with Crippen LogP contribution in [0.3, 0.4) is 0 Å². The van der Waals surface area contributed by atoms with Crippen molar-refractivity contribution in [3.8, 4) is 17.1 Å². The Balaban J connectivity index is 1.53. The summed E-state index contributed by atoms with van der Waals surface area (Å²) in [4.78, 5) is 27.0. The van der Waals surface area contributed by atoms with E-state index in [1.807, 2.05) is 66.9 Å². The summed E-state index contributed by atoms with van der Waals surface area (Å²) in [5, 5.41) is 5.70. The summed E-state index contributed by atoms with van der Waals surface area (Å²) in [5.74, 6) is 0.471. The van der Waals surface area contributed by atoms with Crippen molar-refractivity contribution in [3.05, 3.63) is 78.5 Å². The highest BCUT2D eigenvalue weighted by atomic mass is 16.5. The number of furan rings is 1. The van der Waals surface area contributed by atoms with E-state index in [0.717, 1.165) is 16.7 Å². The Morgan fingerprint density at radius 2 is 1.68 bits per heavy atom. The number of amides is 1. The first-order valence-electron chi connectivity index (χ1n) is 12.6. The number of carbonyl (C=O) groups excluding carboxylic acids is 2. The molecule has 0 atom stereocenters. The number of rotatable bonds is 10. The molecule has 0 saturated carbocycles. The Bertz CT molecular complexity index is 1340. The summed E-state index contributed by atoms with van der Waals surface area (Å²) in [6.45, 7) is 9.21. The van der Waals surface area contributed by atoms with Crippen LogP contribution in [0.15, 0.2) is 77.4 Å². The molecular weight excluding hydrogens is 466 g/mol. The van der Waals surface area contributed by atoms with Gasteiger partial charge in [0.2, 0.25) is 0 Å². The molecule has 0 fully saturated rings. The molecule has 0 aliphatic carbocycles. The summed E-state index contributed by atoms with van der Waals surface area (Å²) < 4.78 is 13.1. The third-order valence-corrected chi connectivity index (χ3v) is 5.68. The zero-order chi connectivity index (χ0) is 26.4. The molecule has 2 aromatic heterocycles. The van der Waals surface area contributed by atoms with Gasteiger partial charge in [0, 0.05) is 36.3 Å². The average molecular weight is 500 g/mol. The fraction of sp³-hybridized carbons (Fsp3) is 0.300. The van der Waals surface area contributed by atoms with Crippen molar-refractivity contribution < 1.29 is 18.7 Å². The number of aromatic nitrogens is 2. The van der Waals surface area contributed by atoms with E-state index < -0.39 is 5.97 Å². The van der Waals surface area contributed by atoms with Crippen LogP contribution in [-0.4, -0.2) is 46.3 Å². The quantitative estimate of drug-likeness (QED) is 0.198. The Morgan fingerprint density at radius 1 is 1.00 bits per heavy atom. The van der Waals surface area contributed by atoms with Gasteiger partial charge in [-0.05, 0) is 42.2 Å². The van der Waals surface area contributed by atoms with Crippen LogP contribution < -0.4 is 0 Å². The van der Waals surface area contributed by atoms with Gasteiger partial charge in [0.25, 0.3) is 5.91 Å². The average Bonchev–Trinajstić information content (AvgIpc) is 3.50. The number of fused-ring (bicyclic) bond motifs is 1. The summed E-state index contributed by atoms with van der Waals surface area (Å²) in [6.07, 6.45) is 4.79. The maximum absolute atomic E-state index is 12.7. The van der Waals surface area contributed by atoms with Gasteiger partial charge in [-0.1, -0.05) is 64.1 Å². The van der Waals surface area contributed by atoms with Crippen molar-refractivity contribution >= 4 is 28.9 Å². The molecule has 0 aliphatic rings. The summed E-state index contributed by atoms with van der Waals surface area (Å²) >= 11 is 0. The fourth-order valence-corrected chi connectivity index (χ4v) is 4.10. The molecule has 0 bridgehead atoms. The predicted molar refractivity (Wildman–Crippen MR) is 145 cm³/mol. The lowest BCUT2D eigenvalue weighted by Crippen LogP contribution is -2.39. The standard InChI is InChI=1S/C30H33N3O4/c1-21(2)17-32(18-22(3)4)28(34)20-36-29(35)15-14-24-19-33(25-11-6-5-7-12-25)31-30(24)27-16-23-10-8-9-13-26(23)37-27/h5-16,19,21-22H,17-18,20H2,1-4H3. The Labute approximate surface area is 217 Å². The molecule has 0 N–H and O–H groups in total. The highest BCUT2D eigenvalue weighted by Gasteiger charge is 2.18. The molecule has 0 saturated heterocycles. The first kappa shape index (κ1) is 25.9. The minimum absolute atomic E-state index is 0.191. The number of esters is 1. The van der Waals surface area contributed by atoms with Gasteiger partial charge in [-0.2, -0.15) is 5.10 Å². The van der Waals surface area contributed by atoms with Crippen molar-refractivity contribution in [2.24, 2.45) is 11.8 Å². The van der Waals surface area contributed by atoms with Crippen LogP contribution in [-0.2, 0) is 14.3 Å². The van der Waals surface area contributed by atoms with Gasteiger partial charge in [0.1, 0.15) is 11.3 Å². The van der Waals surface area contributed by atoms with Crippen molar-refractivity contribution in [3.63, 3.8) is 0 Å². The summed E-state index contributed by atoms with van der Waals surface area (Å²) in [7, 11) is 0. The third kappa shape index (κ3) is 6.76. The van der Waals surface area contributed by atoms with E-state index in [2.05, 4.69) is 27.7 Å². The molecule has 4 rings (SSSR count). The van der Waals surface area contributed by atoms with E-state index >= 15 is 0 Å². The second kappa shape index (κ2) is 11.7. The lowest BCUT2D eigenvalue weighted by molar-refractivity contribution is -0.148. The number of benzene rings is 2. The lowest BCUT2D eigenvalue weighted by Gasteiger charge is -2.26. The molecule has 2 aromatic carbocycles. The molecule has 37 heavy (non-hydrogen) atoms. The van der Waals surface area contributed by atoms with Gasteiger partial charge >= 0.3 is 5.97 Å². The Morgan fingerprint density at radius 3 is 2.35 bits per heavy atom. The maximum atomic E-state index is 12.7. The van der Waals surface area contributed by atoms with Gasteiger partial charge in [0.15, 0.2) is 12.4 Å². The molecule has 0 radical (unpaired) electrons. The fourth-order valence-electron chi connectivity index (χ4n) is 4.10. The first-order chi connectivity index (χ1) is 17.8. The van der Waals surface area contributed by atoms with Crippen molar-refractivity contribution in [2.75, 3.05) is 19.7 Å². The molecule has 0 aliphatic heterocycles. The van der Waals surface area contributed by atoms with Crippen LogP contribution >= 0.6 is 0 Å². The molecule has 0 spiro atoms. The van der Waals surface area contributed by atoms with Crippen LogP contribution in [0.5, 0.6) is 0 Å². The largest absolute Gasteiger partial charge is 0.454 e.